The van der Waals surface area contributed by atoms with Gasteiger partial charge >= 0.3 is 0 Å². The normalized spacial score (nSPS) is 19.0. The smallest absolute Gasteiger partial charge is 0.0354 e. The van der Waals surface area contributed by atoms with Crippen molar-refractivity contribution in [3.63, 3.8) is 0 Å². The topological polar surface area (TPSA) is 0 Å². The van der Waals surface area contributed by atoms with Gasteiger partial charge in [0.1, 0.15) is 0 Å². The Hall–Kier alpha value is 0. The van der Waals surface area contributed by atoms with Crippen molar-refractivity contribution in [2.24, 2.45) is 29.1 Å². The Kier molecular flexibility index (Phi) is 5.92. The SMILES string of the molecule is CC(C)CC(C)CC(C)C(C)C(C)(C)C. The van der Waals surface area contributed by atoms with Crippen molar-refractivity contribution in [3.8, 4) is 0 Å². The summed E-state index contributed by atoms with van der Waals surface area (Å²) in [4.78, 5) is 0. The van der Waals surface area contributed by atoms with E-state index in [2.05, 4.69) is 55.4 Å². The summed E-state index contributed by atoms with van der Waals surface area (Å²) >= 11 is 0. The summed E-state index contributed by atoms with van der Waals surface area (Å²) in [6.45, 7) is 19.0. The van der Waals surface area contributed by atoms with E-state index in [1.54, 1.807) is 0 Å². The number of hydrogen-bond donors (Lipinski definition) is 0. The molecular formula is C15H32. The first kappa shape index (κ1) is 15.0. The van der Waals surface area contributed by atoms with E-state index in [1.165, 1.54) is 12.8 Å². The largest absolute Gasteiger partial charge is 0.0628 e. The van der Waals surface area contributed by atoms with Crippen LogP contribution in [0.3, 0.4) is 0 Å². The minimum absolute atomic E-state index is 0.455. The zero-order valence-electron chi connectivity index (χ0n) is 12.2. The van der Waals surface area contributed by atoms with Gasteiger partial charge in [0.2, 0.25) is 0 Å². The van der Waals surface area contributed by atoms with Crippen LogP contribution in [0.15, 0.2) is 0 Å². The van der Waals surface area contributed by atoms with E-state index in [9.17, 15) is 0 Å². The van der Waals surface area contributed by atoms with Crippen LogP contribution in [0.1, 0.15) is 68.2 Å². The fraction of sp³-hybridized carbons (Fsp3) is 1.00. The molecule has 0 fully saturated rings. The molecule has 92 valence electrons. The van der Waals surface area contributed by atoms with Crippen LogP contribution < -0.4 is 0 Å². The van der Waals surface area contributed by atoms with E-state index in [-0.39, 0.29) is 0 Å². The molecule has 0 saturated carbocycles. The van der Waals surface area contributed by atoms with E-state index >= 15 is 0 Å². The highest BCUT2D eigenvalue weighted by atomic mass is 14.3. The van der Waals surface area contributed by atoms with Crippen LogP contribution in [0, 0.1) is 29.1 Å². The molecule has 0 amide bonds. The summed E-state index contributed by atoms with van der Waals surface area (Å²) in [5, 5.41) is 0. The molecule has 0 spiro atoms. The molecule has 0 nitrogen and oxygen atoms in total. The molecule has 0 aliphatic rings. The molecule has 0 rings (SSSR count). The summed E-state index contributed by atoms with van der Waals surface area (Å²) in [6.07, 6.45) is 2.76. The maximum absolute atomic E-state index is 2.42. The molecule has 0 aromatic heterocycles. The van der Waals surface area contributed by atoms with Crippen LogP contribution in [-0.4, -0.2) is 0 Å². The highest BCUT2D eigenvalue weighted by Gasteiger charge is 2.26. The molecular weight excluding hydrogens is 180 g/mol. The van der Waals surface area contributed by atoms with E-state index in [4.69, 9.17) is 0 Å². The maximum atomic E-state index is 2.42. The van der Waals surface area contributed by atoms with Gasteiger partial charge in [-0.25, -0.2) is 0 Å². The van der Waals surface area contributed by atoms with Crippen LogP contribution in [0.5, 0.6) is 0 Å². The number of hydrogen-bond acceptors (Lipinski definition) is 0. The van der Waals surface area contributed by atoms with Gasteiger partial charge in [-0.1, -0.05) is 55.4 Å². The maximum Gasteiger partial charge on any atom is -0.0354 e. The van der Waals surface area contributed by atoms with Gasteiger partial charge in [-0.05, 0) is 41.9 Å². The summed E-state index contributed by atoms with van der Waals surface area (Å²) in [5.41, 5.74) is 0.455. The van der Waals surface area contributed by atoms with E-state index in [0.29, 0.717) is 5.41 Å². The predicted molar refractivity (Wildman–Crippen MR) is 71.0 cm³/mol. The third-order valence-corrected chi connectivity index (χ3v) is 3.87. The van der Waals surface area contributed by atoms with Gasteiger partial charge in [-0.3, -0.25) is 0 Å². The molecule has 3 unspecified atom stereocenters. The summed E-state index contributed by atoms with van der Waals surface area (Å²) in [7, 11) is 0. The van der Waals surface area contributed by atoms with E-state index < -0.39 is 0 Å². The monoisotopic (exact) mass is 212 g/mol. The molecule has 0 radical (unpaired) electrons. The second-order valence-corrected chi connectivity index (χ2v) is 7.10. The van der Waals surface area contributed by atoms with Crippen LogP contribution in [0.25, 0.3) is 0 Å². The minimum Gasteiger partial charge on any atom is -0.0628 e. The van der Waals surface area contributed by atoms with E-state index in [0.717, 1.165) is 23.7 Å². The second-order valence-electron chi connectivity index (χ2n) is 7.10. The third kappa shape index (κ3) is 6.22. The molecule has 0 aliphatic carbocycles. The fourth-order valence-electron chi connectivity index (χ4n) is 2.59. The quantitative estimate of drug-likeness (QED) is 0.574. The first-order valence-electron chi connectivity index (χ1n) is 6.64. The molecule has 0 heterocycles. The van der Waals surface area contributed by atoms with Crippen molar-refractivity contribution in [3.05, 3.63) is 0 Å². The zero-order valence-corrected chi connectivity index (χ0v) is 12.2. The molecule has 0 aliphatic heterocycles. The van der Waals surface area contributed by atoms with Crippen molar-refractivity contribution >= 4 is 0 Å². The van der Waals surface area contributed by atoms with Gasteiger partial charge in [0.15, 0.2) is 0 Å². The molecule has 0 heteroatoms. The molecule has 0 N–H and O–H groups in total. The summed E-state index contributed by atoms with van der Waals surface area (Å²) in [5.74, 6) is 3.38. The lowest BCUT2D eigenvalue weighted by Crippen LogP contribution is -2.25. The molecule has 0 aromatic rings. The zero-order chi connectivity index (χ0) is 12.2. The van der Waals surface area contributed by atoms with Gasteiger partial charge in [0, 0.05) is 0 Å². The first-order chi connectivity index (χ1) is 6.64. The lowest BCUT2D eigenvalue weighted by atomic mass is 9.72. The van der Waals surface area contributed by atoms with Crippen LogP contribution in [0.2, 0.25) is 0 Å². The Balaban J connectivity index is 4.07. The molecule has 0 bridgehead atoms. The van der Waals surface area contributed by atoms with Gasteiger partial charge in [0.05, 0.1) is 0 Å². The average Bonchev–Trinajstić information content (AvgIpc) is 1.99. The minimum atomic E-state index is 0.455. The lowest BCUT2D eigenvalue weighted by Gasteiger charge is -2.34. The Labute approximate surface area is 97.8 Å². The highest BCUT2D eigenvalue weighted by Crippen LogP contribution is 2.35. The van der Waals surface area contributed by atoms with Crippen molar-refractivity contribution in [2.45, 2.75) is 68.2 Å². The number of rotatable bonds is 5. The van der Waals surface area contributed by atoms with Crippen LogP contribution in [0.4, 0.5) is 0 Å². The first-order valence-corrected chi connectivity index (χ1v) is 6.64. The lowest BCUT2D eigenvalue weighted by molar-refractivity contribution is 0.162. The van der Waals surface area contributed by atoms with E-state index in [1.807, 2.05) is 0 Å². The fourth-order valence-corrected chi connectivity index (χ4v) is 2.59. The van der Waals surface area contributed by atoms with Crippen molar-refractivity contribution in [2.75, 3.05) is 0 Å². The molecule has 0 saturated heterocycles. The highest BCUT2D eigenvalue weighted by molar-refractivity contribution is 4.76. The Morgan fingerprint density at radius 1 is 0.800 bits per heavy atom. The summed E-state index contributed by atoms with van der Waals surface area (Å²) in [6, 6.07) is 0. The Morgan fingerprint density at radius 3 is 1.60 bits per heavy atom. The van der Waals surface area contributed by atoms with Crippen LogP contribution in [-0.2, 0) is 0 Å². The Bertz CT molecular complexity index is 161. The van der Waals surface area contributed by atoms with Gasteiger partial charge in [-0.15, -0.1) is 0 Å². The van der Waals surface area contributed by atoms with Crippen LogP contribution >= 0.6 is 0 Å². The third-order valence-electron chi connectivity index (χ3n) is 3.87. The summed E-state index contributed by atoms with van der Waals surface area (Å²) < 4.78 is 0. The molecule has 15 heavy (non-hydrogen) atoms. The standard InChI is InChI=1S/C15H32/c1-11(2)9-12(3)10-13(4)14(5)15(6,7)8/h11-14H,9-10H2,1-8H3. The van der Waals surface area contributed by atoms with Crippen molar-refractivity contribution in [1.29, 1.82) is 0 Å². The second kappa shape index (κ2) is 5.92. The molecule has 3 atom stereocenters. The molecule has 0 aromatic carbocycles. The Morgan fingerprint density at radius 2 is 1.27 bits per heavy atom. The van der Waals surface area contributed by atoms with Gasteiger partial charge < -0.3 is 0 Å². The van der Waals surface area contributed by atoms with Crippen molar-refractivity contribution < 1.29 is 0 Å². The van der Waals surface area contributed by atoms with Crippen molar-refractivity contribution in [1.82, 2.24) is 0 Å². The average molecular weight is 212 g/mol. The predicted octanol–water partition coefficient (Wildman–Crippen LogP) is 5.38. The van der Waals surface area contributed by atoms with Gasteiger partial charge in [0.25, 0.3) is 0 Å². The van der Waals surface area contributed by atoms with Gasteiger partial charge in [-0.2, -0.15) is 0 Å².